The molecule has 1 heterocycles. The number of nitrogens with two attached hydrogens (primary N) is 1. The van der Waals surface area contributed by atoms with Crippen molar-refractivity contribution in [2.24, 2.45) is 5.73 Å². The summed E-state index contributed by atoms with van der Waals surface area (Å²) in [5, 5.41) is 17.3. The monoisotopic (exact) mass is 227 g/mol. The summed E-state index contributed by atoms with van der Waals surface area (Å²) >= 11 is 0. The molecule has 0 atom stereocenters. The van der Waals surface area contributed by atoms with Gasteiger partial charge in [0.1, 0.15) is 11.4 Å². The first-order valence-electron chi connectivity index (χ1n) is 4.16. The first-order chi connectivity index (χ1) is 7.51. The van der Waals surface area contributed by atoms with Crippen LogP contribution in [0.1, 0.15) is 33.7 Å². The molecule has 0 amide bonds. The number of hydrogen-bond acceptors (Lipinski definition) is 4. The van der Waals surface area contributed by atoms with Crippen LogP contribution in [0.4, 0.5) is 8.78 Å². The average molecular weight is 227 g/mol. The number of rotatable bonds is 3. The Kier molecular flexibility index (Phi) is 3.48. The maximum Gasteiger partial charge on any atom is 0.354 e. The topological polar surface area (TPSA) is 100 Å². The number of halogens is 2. The van der Waals surface area contributed by atoms with E-state index in [0.717, 1.165) is 6.07 Å². The minimum atomic E-state index is -2.97. The van der Waals surface area contributed by atoms with Gasteiger partial charge in [-0.3, -0.25) is 0 Å². The van der Waals surface area contributed by atoms with Crippen LogP contribution in [0.15, 0.2) is 6.07 Å². The van der Waals surface area contributed by atoms with E-state index in [-0.39, 0.29) is 17.7 Å². The van der Waals surface area contributed by atoms with Crippen molar-refractivity contribution in [2.75, 3.05) is 0 Å². The normalized spacial score (nSPS) is 10.2. The number of nitriles is 1. The number of aromatic nitrogens is 1. The molecule has 1 aromatic rings. The van der Waals surface area contributed by atoms with Gasteiger partial charge in [-0.15, -0.1) is 0 Å². The second-order valence-electron chi connectivity index (χ2n) is 2.84. The van der Waals surface area contributed by atoms with Gasteiger partial charge in [0.15, 0.2) is 0 Å². The third-order valence-corrected chi connectivity index (χ3v) is 1.91. The summed E-state index contributed by atoms with van der Waals surface area (Å²) in [5.74, 6) is -1.47. The van der Waals surface area contributed by atoms with E-state index in [9.17, 15) is 13.6 Å². The van der Waals surface area contributed by atoms with Crippen molar-refractivity contribution in [3.05, 3.63) is 28.6 Å². The van der Waals surface area contributed by atoms with Crippen LogP contribution in [0, 0.1) is 11.3 Å². The van der Waals surface area contributed by atoms with Gasteiger partial charge in [-0.1, -0.05) is 0 Å². The van der Waals surface area contributed by atoms with E-state index in [1.165, 1.54) is 0 Å². The van der Waals surface area contributed by atoms with Crippen molar-refractivity contribution in [3.8, 4) is 6.07 Å². The van der Waals surface area contributed by atoms with Gasteiger partial charge in [-0.05, 0) is 6.07 Å². The van der Waals surface area contributed by atoms with E-state index in [1.54, 1.807) is 6.07 Å². The van der Waals surface area contributed by atoms with Gasteiger partial charge in [-0.2, -0.15) is 5.26 Å². The average Bonchev–Trinajstić information content (AvgIpc) is 2.26. The van der Waals surface area contributed by atoms with E-state index in [0.29, 0.717) is 0 Å². The Hall–Kier alpha value is -2.07. The zero-order valence-corrected chi connectivity index (χ0v) is 7.94. The van der Waals surface area contributed by atoms with Crippen LogP contribution in [-0.2, 0) is 6.54 Å². The van der Waals surface area contributed by atoms with Crippen molar-refractivity contribution in [1.29, 1.82) is 5.26 Å². The second kappa shape index (κ2) is 4.63. The largest absolute Gasteiger partial charge is 0.477 e. The molecule has 3 N–H and O–H groups in total. The fraction of sp³-hybridized carbons (Fsp3) is 0.222. The molecule has 7 heteroatoms. The smallest absolute Gasteiger partial charge is 0.354 e. The molecule has 0 bridgehead atoms. The molecule has 0 radical (unpaired) electrons. The zero-order chi connectivity index (χ0) is 12.3. The highest BCUT2D eigenvalue weighted by Gasteiger charge is 2.21. The van der Waals surface area contributed by atoms with E-state index in [4.69, 9.17) is 16.1 Å². The van der Waals surface area contributed by atoms with Crippen molar-refractivity contribution >= 4 is 5.97 Å². The van der Waals surface area contributed by atoms with E-state index < -0.39 is 23.8 Å². The molecule has 0 aliphatic carbocycles. The Balaban J connectivity index is 3.51. The summed E-state index contributed by atoms with van der Waals surface area (Å²) in [6.07, 6.45) is -2.97. The van der Waals surface area contributed by atoms with Crippen LogP contribution in [0.5, 0.6) is 0 Å². The molecule has 0 aliphatic heterocycles. The summed E-state index contributed by atoms with van der Waals surface area (Å²) in [5.41, 5.74) is 3.56. The third-order valence-electron chi connectivity index (χ3n) is 1.91. The van der Waals surface area contributed by atoms with E-state index >= 15 is 0 Å². The fourth-order valence-electron chi connectivity index (χ4n) is 1.20. The van der Waals surface area contributed by atoms with E-state index in [1.807, 2.05) is 0 Å². The second-order valence-corrected chi connectivity index (χ2v) is 2.84. The first-order valence-corrected chi connectivity index (χ1v) is 4.16. The van der Waals surface area contributed by atoms with Crippen LogP contribution in [0.3, 0.4) is 0 Å². The van der Waals surface area contributed by atoms with Crippen LogP contribution in [-0.4, -0.2) is 16.1 Å². The molecule has 1 aromatic heterocycles. The minimum Gasteiger partial charge on any atom is -0.477 e. The molecule has 0 spiro atoms. The fourth-order valence-corrected chi connectivity index (χ4v) is 1.20. The summed E-state index contributed by atoms with van der Waals surface area (Å²) in [7, 11) is 0. The van der Waals surface area contributed by atoms with Crippen molar-refractivity contribution in [3.63, 3.8) is 0 Å². The summed E-state index contributed by atoms with van der Waals surface area (Å²) in [4.78, 5) is 13.9. The highest BCUT2D eigenvalue weighted by atomic mass is 19.3. The Bertz CT molecular complexity index is 469. The first kappa shape index (κ1) is 12.0. The van der Waals surface area contributed by atoms with Crippen LogP contribution >= 0.6 is 0 Å². The van der Waals surface area contributed by atoms with Gasteiger partial charge in [0.05, 0.1) is 11.6 Å². The molecule has 0 saturated heterocycles. The molecule has 0 unspecified atom stereocenters. The lowest BCUT2D eigenvalue weighted by Gasteiger charge is -2.08. The number of alkyl halides is 2. The lowest BCUT2D eigenvalue weighted by atomic mass is 10.1. The molecule has 0 aliphatic rings. The lowest BCUT2D eigenvalue weighted by Crippen LogP contribution is -2.12. The minimum absolute atomic E-state index is 0.123. The van der Waals surface area contributed by atoms with Gasteiger partial charge in [-0.25, -0.2) is 18.6 Å². The van der Waals surface area contributed by atoms with Gasteiger partial charge in [0, 0.05) is 12.1 Å². The summed E-state index contributed by atoms with van der Waals surface area (Å²) in [6.45, 7) is -0.296. The summed E-state index contributed by atoms with van der Waals surface area (Å²) in [6, 6.07) is 2.55. The summed E-state index contributed by atoms with van der Waals surface area (Å²) < 4.78 is 25.1. The van der Waals surface area contributed by atoms with Crippen molar-refractivity contribution in [2.45, 2.75) is 13.0 Å². The number of hydrogen-bond donors (Lipinski definition) is 2. The van der Waals surface area contributed by atoms with Gasteiger partial charge >= 0.3 is 5.97 Å². The molecule has 1 rings (SSSR count). The number of aromatic carboxylic acids is 1. The van der Waals surface area contributed by atoms with E-state index in [2.05, 4.69) is 4.98 Å². The highest BCUT2D eigenvalue weighted by molar-refractivity contribution is 5.86. The number of carbonyl (C=O) groups is 1. The maximum atomic E-state index is 12.6. The lowest BCUT2D eigenvalue weighted by molar-refractivity contribution is 0.0688. The standard InChI is InChI=1S/C9H7F2N3O2/c10-8(11)7-5(3-13)4(2-12)1-6(14-7)9(15)16/h1,8H,3,13H2,(H,15,16). The molecule has 0 fully saturated rings. The Morgan fingerprint density at radius 3 is 2.69 bits per heavy atom. The molecule has 5 nitrogen and oxygen atoms in total. The van der Waals surface area contributed by atoms with Crippen LogP contribution in [0.25, 0.3) is 0 Å². The van der Waals surface area contributed by atoms with Crippen LogP contribution in [0.2, 0.25) is 0 Å². The van der Waals surface area contributed by atoms with Gasteiger partial charge in [0.25, 0.3) is 6.43 Å². The molecular weight excluding hydrogens is 220 g/mol. The molecular formula is C9H7F2N3O2. The van der Waals surface area contributed by atoms with Crippen molar-refractivity contribution in [1.82, 2.24) is 4.98 Å². The SMILES string of the molecule is N#Cc1cc(C(=O)O)nc(C(F)F)c1CN. The number of carboxylic acid groups (broad SMARTS) is 1. The predicted molar refractivity (Wildman–Crippen MR) is 48.8 cm³/mol. The number of pyridine rings is 1. The number of carboxylic acids is 1. The van der Waals surface area contributed by atoms with Gasteiger partial charge < -0.3 is 10.8 Å². The Morgan fingerprint density at radius 2 is 2.31 bits per heavy atom. The maximum absolute atomic E-state index is 12.6. The third kappa shape index (κ3) is 2.12. The van der Waals surface area contributed by atoms with Gasteiger partial charge in [0.2, 0.25) is 0 Å². The predicted octanol–water partition coefficient (Wildman–Crippen LogP) is 1.05. The quantitative estimate of drug-likeness (QED) is 0.803. The molecule has 0 saturated carbocycles. The number of nitrogens with zero attached hydrogens (tertiary/aromatic N) is 2. The Labute approximate surface area is 89.1 Å². The highest BCUT2D eigenvalue weighted by Crippen LogP contribution is 2.24. The Morgan fingerprint density at radius 1 is 1.69 bits per heavy atom. The molecule has 84 valence electrons. The van der Waals surface area contributed by atoms with Crippen LogP contribution < -0.4 is 5.73 Å². The zero-order valence-electron chi connectivity index (χ0n) is 7.94. The van der Waals surface area contributed by atoms with Crippen molar-refractivity contribution < 1.29 is 18.7 Å². The molecule has 0 aromatic carbocycles. The molecule has 16 heavy (non-hydrogen) atoms.